The van der Waals surface area contributed by atoms with Crippen LogP contribution in [0, 0.1) is 0 Å². The molecule has 0 N–H and O–H groups in total. The van der Waals surface area contributed by atoms with E-state index in [-0.39, 0.29) is 0 Å². The number of anilines is 3. The van der Waals surface area contributed by atoms with E-state index in [1.807, 2.05) is 0 Å². The van der Waals surface area contributed by atoms with E-state index in [9.17, 15) is 0 Å². The number of benzene rings is 10. The van der Waals surface area contributed by atoms with Crippen molar-refractivity contribution in [3.63, 3.8) is 0 Å². The highest BCUT2D eigenvalue weighted by Gasteiger charge is 2.20. The highest BCUT2D eigenvalue weighted by molar-refractivity contribution is 5.97. The van der Waals surface area contributed by atoms with E-state index in [4.69, 9.17) is 0 Å². The minimum atomic E-state index is 1.09. The van der Waals surface area contributed by atoms with Crippen molar-refractivity contribution in [1.82, 2.24) is 0 Å². The van der Waals surface area contributed by atoms with Gasteiger partial charge in [-0.15, -0.1) is 0 Å². The van der Waals surface area contributed by atoms with Crippen molar-refractivity contribution in [3.8, 4) is 66.8 Å². The van der Waals surface area contributed by atoms with E-state index < -0.39 is 0 Å². The van der Waals surface area contributed by atoms with Crippen molar-refractivity contribution < 1.29 is 0 Å². The van der Waals surface area contributed by atoms with Gasteiger partial charge in [0.05, 0.1) is 5.69 Å². The van der Waals surface area contributed by atoms with E-state index in [0.29, 0.717) is 0 Å². The third kappa shape index (κ3) is 7.23. The monoisotopic (exact) mass is 751 g/mol. The Labute approximate surface area is 346 Å². The predicted molar refractivity (Wildman–Crippen MR) is 251 cm³/mol. The molecule has 0 aliphatic rings. The summed E-state index contributed by atoms with van der Waals surface area (Å²) in [6, 6.07) is 89.8. The second kappa shape index (κ2) is 16.0. The Balaban J connectivity index is 1.08. The van der Waals surface area contributed by atoms with E-state index in [1.165, 1.54) is 72.0 Å². The quantitative estimate of drug-likeness (QED) is 0.142. The molecule has 10 aromatic carbocycles. The first-order chi connectivity index (χ1) is 29.3. The van der Waals surface area contributed by atoms with Gasteiger partial charge >= 0.3 is 0 Å². The minimum Gasteiger partial charge on any atom is -0.310 e. The van der Waals surface area contributed by atoms with Gasteiger partial charge in [0, 0.05) is 16.9 Å². The van der Waals surface area contributed by atoms with Gasteiger partial charge in [0.15, 0.2) is 0 Å². The average molecular weight is 752 g/mol. The van der Waals surface area contributed by atoms with Crippen LogP contribution in [-0.2, 0) is 0 Å². The summed E-state index contributed by atoms with van der Waals surface area (Å²) in [6.45, 7) is 0. The second-order valence-electron chi connectivity index (χ2n) is 14.9. The molecule has 0 amide bonds. The molecule has 278 valence electrons. The Morgan fingerprint density at radius 3 is 1.14 bits per heavy atom. The Hall–Kier alpha value is -7.74. The molecule has 0 fully saturated rings. The molecule has 0 radical (unpaired) electrons. The van der Waals surface area contributed by atoms with Crippen molar-refractivity contribution in [1.29, 1.82) is 0 Å². The summed E-state index contributed by atoms with van der Waals surface area (Å²) in [5, 5.41) is 2.49. The van der Waals surface area contributed by atoms with Gasteiger partial charge in [-0.05, 0) is 108 Å². The summed E-state index contributed by atoms with van der Waals surface area (Å²) < 4.78 is 0. The maximum atomic E-state index is 2.40. The molecule has 1 nitrogen and oxygen atoms in total. The number of rotatable bonds is 9. The Kier molecular flexibility index (Phi) is 9.68. The first kappa shape index (κ1) is 35.7. The van der Waals surface area contributed by atoms with Crippen LogP contribution in [0.1, 0.15) is 0 Å². The molecule has 0 aliphatic carbocycles. The molecule has 0 spiro atoms. The molecule has 1 heteroatoms. The number of hydrogen-bond donors (Lipinski definition) is 0. The Bertz CT molecular complexity index is 3000. The molecule has 0 saturated carbocycles. The van der Waals surface area contributed by atoms with Gasteiger partial charge in [0.25, 0.3) is 0 Å². The fraction of sp³-hybridized carbons (Fsp3) is 0. The highest BCUT2D eigenvalue weighted by atomic mass is 15.1. The molecule has 0 unspecified atom stereocenters. The summed E-state index contributed by atoms with van der Waals surface area (Å²) in [7, 11) is 0. The van der Waals surface area contributed by atoms with Crippen LogP contribution in [0.2, 0.25) is 0 Å². The van der Waals surface area contributed by atoms with Crippen LogP contribution >= 0.6 is 0 Å². The lowest BCUT2D eigenvalue weighted by Gasteiger charge is -2.29. The highest BCUT2D eigenvalue weighted by Crippen LogP contribution is 2.45. The topological polar surface area (TPSA) is 3.24 Å². The first-order valence-corrected chi connectivity index (χ1v) is 20.3. The third-order valence-electron chi connectivity index (χ3n) is 11.3. The van der Waals surface area contributed by atoms with Crippen LogP contribution in [0.5, 0.6) is 0 Å². The average Bonchev–Trinajstić information content (AvgIpc) is 3.33. The van der Waals surface area contributed by atoms with Gasteiger partial charge in [-0.1, -0.05) is 212 Å². The third-order valence-corrected chi connectivity index (χ3v) is 11.3. The first-order valence-electron chi connectivity index (χ1n) is 20.3. The van der Waals surface area contributed by atoms with E-state index in [2.05, 4.69) is 254 Å². The standard InChI is InChI=1S/C58H41N/c1-3-15-42(16-4-1)44-27-29-45(30-28-44)46-33-37-51(38-34-46)59(52-39-35-47(36-40-52)50-32-31-43-17-7-8-20-49(43)41-50)58-26-14-13-25-57(58)56-24-12-11-23-55(56)54-22-10-9-21-53(54)48-18-5-2-6-19-48/h1-41H. The maximum absolute atomic E-state index is 2.40. The molecule has 0 bridgehead atoms. The zero-order valence-electron chi connectivity index (χ0n) is 32.6. The van der Waals surface area contributed by atoms with Crippen molar-refractivity contribution in [2.45, 2.75) is 0 Å². The van der Waals surface area contributed by atoms with Crippen LogP contribution in [-0.4, -0.2) is 0 Å². The van der Waals surface area contributed by atoms with E-state index in [1.54, 1.807) is 0 Å². The van der Waals surface area contributed by atoms with Gasteiger partial charge in [-0.2, -0.15) is 0 Å². The van der Waals surface area contributed by atoms with Gasteiger partial charge in [-0.3, -0.25) is 0 Å². The fourth-order valence-electron chi connectivity index (χ4n) is 8.32. The lowest BCUT2D eigenvalue weighted by Crippen LogP contribution is -2.11. The van der Waals surface area contributed by atoms with Crippen LogP contribution in [0.15, 0.2) is 249 Å². The molecule has 0 aromatic heterocycles. The normalized spacial score (nSPS) is 11.1. The van der Waals surface area contributed by atoms with E-state index in [0.717, 1.165) is 22.6 Å². The molecule has 0 saturated heterocycles. The van der Waals surface area contributed by atoms with Crippen molar-refractivity contribution in [2.75, 3.05) is 4.90 Å². The van der Waals surface area contributed by atoms with Crippen molar-refractivity contribution in [3.05, 3.63) is 249 Å². The van der Waals surface area contributed by atoms with Gasteiger partial charge in [0.1, 0.15) is 0 Å². The van der Waals surface area contributed by atoms with Crippen molar-refractivity contribution in [2.24, 2.45) is 0 Å². The summed E-state index contributed by atoms with van der Waals surface area (Å²) in [5.41, 5.74) is 17.6. The van der Waals surface area contributed by atoms with Crippen LogP contribution < -0.4 is 4.90 Å². The molecule has 10 aromatic rings. The zero-order valence-corrected chi connectivity index (χ0v) is 32.6. The van der Waals surface area contributed by atoms with E-state index >= 15 is 0 Å². The Morgan fingerprint density at radius 1 is 0.203 bits per heavy atom. The summed E-state index contributed by atoms with van der Waals surface area (Å²) in [4.78, 5) is 2.40. The molecular weight excluding hydrogens is 711 g/mol. The molecule has 0 heterocycles. The molecule has 59 heavy (non-hydrogen) atoms. The van der Waals surface area contributed by atoms with Crippen LogP contribution in [0.3, 0.4) is 0 Å². The van der Waals surface area contributed by atoms with Gasteiger partial charge in [0.2, 0.25) is 0 Å². The largest absolute Gasteiger partial charge is 0.310 e. The number of nitrogens with zero attached hydrogens (tertiary/aromatic N) is 1. The number of fused-ring (bicyclic) bond motifs is 1. The molecular formula is C58H41N. The fourth-order valence-corrected chi connectivity index (χ4v) is 8.32. The summed E-state index contributed by atoms with van der Waals surface area (Å²) in [5.74, 6) is 0. The number of hydrogen-bond acceptors (Lipinski definition) is 1. The predicted octanol–water partition coefficient (Wildman–Crippen LogP) is 16.3. The lowest BCUT2D eigenvalue weighted by atomic mass is 9.88. The summed E-state index contributed by atoms with van der Waals surface area (Å²) >= 11 is 0. The molecule has 10 rings (SSSR count). The molecule has 0 aliphatic heterocycles. The zero-order chi connectivity index (χ0) is 39.4. The number of para-hydroxylation sites is 1. The van der Waals surface area contributed by atoms with Gasteiger partial charge in [-0.25, -0.2) is 0 Å². The maximum Gasteiger partial charge on any atom is 0.0540 e. The smallest absolute Gasteiger partial charge is 0.0540 e. The minimum absolute atomic E-state index is 1.09. The molecule has 0 atom stereocenters. The SMILES string of the molecule is c1ccc(-c2ccc(-c3ccc(N(c4ccc(-c5ccc6ccccc6c5)cc4)c4ccccc4-c4ccccc4-c4ccccc4-c4ccccc4)cc3)cc2)cc1. The van der Waals surface area contributed by atoms with Crippen LogP contribution in [0.4, 0.5) is 17.1 Å². The summed E-state index contributed by atoms with van der Waals surface area (Å²) in [6.07, 6.45) is 0. The second-order valence-corrected chi connectivity index (χ2v) is 14.9. The lowest BCUT2D eigenvalue weighted by molar-refractivity contribution is 1.28. The van der Waals surface area contributed by atoms with Crippen LogP contribution in [0.25, 0.3) is 77.5 Å². The van der Waals surface area contributed by atoms with Crippen molar-refractivity contribution >= 4 is 27.8 Å². The Morgan fingerprint density at radius 2 is 0.559 bits per heavy atom. The van der Waals surface area contributed by atoms with Gasteiger partial charge < -0.3 is 4.90 Å².